The summed E-state index contributed by atoms with van der Waals surface area (Å²) in [7, 11) is 1.31. The third-order valence-corrected chi connectivity index (χ3v) is 3.54. The van der Waals surface area contributed by atoms with Crippen molar-refractivity contribution in [1.29, 1.82) is 0 Å². The molecule has 1 aromatic carbocycles. The highest BCUT2D eigenvalue weighted by Crippen LogP contribution is 2.20. The largest absolute Gasteiger partial charge is 0.465 e. The van der Waals surface area contributed by atoms with Gasteiger partial charge in [-0.1, -0.05) is 12.1 Å². The van der Waals surface area contributed by atoms with Crippen LogP contribution in [0.4, 0.5) is 5.69 Å². The second-order valence-electron chi connectivity index (χ2n) is 3.90. The number of anilines is 1. The highest BCUT2D eigenvalue weighted by molar-refractivity contribution is 7.14. The number of aryl methyl sites for hydroxylation is 1. The summed E-state index contributed by atoms with van der Waals surface area (Å²) in [6, 6.07) is 10.4. The van der Waals surface area contributed by atoms with Crippen molar-refractivity contribution in [2.24, 2.45) is 0 Å². The molecule has 0 saturated heterocycles. The van der Waals surface area contributed by atoms with Gasteiger partial charge in [-0.25, -0.2) is 4.79 Å². The number of methoxy groups -OCH3 is 1. The Labute approximate surface area is 115 Å². The fourth-order valence-corrected chi connectivity index (χ4v) is 2.38. The topological polar surface area (TPSA) is 55.4 Å². The zero-order valence-electron chi connectivity index (χ0n) is 10.6. The molecule has 1 N–H and O–H groups in total. The molecule has 1 aromatic heterocycles. The molecule has 1 amide bonds. The number of benzene rings is 1. The molecule has 98 valence electrons. The highest BCUT2D eigenvalue weighted by Gasteiger charge is 2.14. The Morgan fingerprint density at radius 3 is 2.53 bits per heavy atom. The molecule has 0 saturated carbocycles. The lowest BCUT2D eigenvalue weighted by Crippen LogP contribution is -2.14. The summed E-state index contributed by atoms with van der Waals surface area (Å²) in [5.74, 6) is -0.701. The van der Waals surface area contributed by atoms with Crippen molar-refractivity contribution in [3.8, 4) is 0 Å². The Morgan fingerprint density at radius 1 is 1.16 bits per heavy atom. The molecule has 4 nitrogen and oxygen atoms in total. The van der Waals surface area contributed by atoms with Gasteiger partial charge in [-0.15, -0.1) is 11.3 Å². The molecule has 5 heteroatoms. The third-order valence-electron chi connectivity index (χ3n) is 2.54. The maximum Gasteiger partial charge on any atom is 0.339 e. The predicted octanol–water partition coefficient (Wildman–Crippen LogP) is 3.10. The molecule has 0 aliphatic rings. The van der Waals surface area contributed by atoms with Crippen molar-refractivity contribution in [3.63, 3.8) is 0 Å². The molecular formula is C14H13NO3S. The Morgan fingerprint density at radius 2 is 1.89 bits per heavy atom. The summed E-state index contributed by atoms with van der Waals surface area (Å²) >= 11 is 1.41. The summed E-state index contributed by atoms with van der Waals surface area (Å²) < 4.78 is 4.68. The van der Waals surface area contributed by atoms with Crippen LogP contribution in [0.5, 0.6) is 0 Å². The molecule has 19 heavy (non-hydrogen) atoms. The SMILES string of the molecule is COC(=O)c1ccccc1NC(=O)c1ccc(C)s1. The van der Waals surface area contributed by atoms with E-state index in [2.05, 4.69) is 10.1 Å². The van der Waals surface area contributed by atoms with Gasteiger partial charge in [0.15, 0.2) is 0 Å². The van der Waals surface area contributed by atoms with Gasteiger partial charge >= 0.3 is 5.97 Å². The first kappa shape index (κ1) is 13.3. The normalized spacial score (nSPS) is 10.0. The maximum absolute atomic E-state index is 12.0. The van der Waals surface area contributed by atoms with Crippen LogP contribution in [0.25, 0.3) is 0 Å². The first-order valence-electron chi connectivity index (χ1n) is 5.67. The quantitative estimate of drug-likeness (QED) is 0.876. The van der Waals surface area contributed by atoms with E-state index in [1.54, 1.807) is 30.3 Å². The standard InChI is InChI=1S/C14H13NO3S/c1-9-7-8-12(19-9)13(16)15-11-6-4-3-5-10(11)14(17)18-2/h3-8H,1-2H3,(H,15,16). The van der Waals surface area contributed by atoms with Gasteiger partial charge in [-0.3, -0.25) is 4.79 Å². The van der Waals surface area contributed by atoms with Gasteiger partial charge in [0.25, 0.3) is 5.91 Å². The van der Waals surface area contributed by atoms with E-state index in [1.165, 1.54) is 18.4 Å². The maximum atomic E-state index is 12.0. The Balaban J connectivity index is 2.24. The summed E-state index contributed by atoms with van der Waals surface area (Å²) in [5, 5.41) is 2.73. The number of ether oxygens (including phenoxy) is 1. The van der Waals surface area contributed by atoms with Crippen LogP contribution in [0.15, 0.2) is 36.4 Å². The van der Waals surface area contributed by atoms with E-state index in [4.69, 9.17) is 0 Å². The number of carbonyl (C=O) groups is 2. The number of amides is 1. The minimum absolute atomic E-state index is 0.227. The molecule has 0 aliphatic carbocycles. The number of para-hydroxylation sites is 1. The number of rotatable bonds is 3. The predicted molar refractivity (Wildman–Crippen MR) is 74.8 cm³/mol. The Bertz CT molecular complexity index is 619. The summed E-state index contributed by atoms with van der Waals surface area (Å²) in [5.41, 5.74) is 0.789. The molecule has 0 bridgehead atoms. The van der Waals surface area contributed by atoms with Gasteiger partial charge in [0.2, 0.25) is 0 Å². The van der Waals surface area contributed by atoms with E-state index >= 15 is 0 Å². The average Bonchev–Trinajstić information content (AvgIpc) is 2.85. The molecule has 0 aliphatic heterocycles. The Kier molecular flexibility index (Phi) is 3.97. The van der Waals surface area contributed by atoms with Crippen LogP contribution in [0.1, 0.15) is 24.9 Å². The zero-order valence-corrected chi connectivity index (χ0v) is 11.4. The first-order chi connectivity index (χ1) is 9.11. The minimum Gasteiger partial charge on any atom is -0.465 e. The van der Waals surface area contributed by atoms with Crippen LogP contribution in [-0.4, -0.2) is 19.0 Å². The minimum atomic E-state index is -0.474. The van der Waals surface area contributed by atoms with Gasteiger partial charge in [-0.2, -0.15) is 0 Å². The van der Waals surface area contributed by atoms with E-state index in [0.29, 0.717) is 16.1 Å². The van der Waals surface area contributed by atoms with Crippen molar-refractivity contribution >= 4 is 28.9 Å². The molecule has 0 atom stereocenters. The summed E-state index contributed by atoms with van der Waals surface area (Å²) in [6.07, 6.45) is 0. The monoisotopic (exact) mass is 275 g/mol. The third kappa shape index (κ3) is 3.00. The number of thiophene rings is 1. The zero-order chi connectivity index (χ0) is 13.8. The van der Waals surface area contributed by atoms with Gasteiger partial charge in [-0.05, 0) is 31.2 Å². The molecule has 0 radical (unpaired) electrons. The van der Waals surface area contributed by atoms with Crippen LogP contribution >= 0.6 is 11.3 Å². The second kappa shape index (κ2) is 5.67. The van der Waals surface area contributed by atoms with Gasteiger partial charge in [0.05, 0.1) is 23.2 Å². The van der Waals surface area contributed by atoms with Gasteiger partial charge in [0, 0.05) is 4.88 Å². The molecule has 2 rings (SSSR count). The fourth-order valence-electron chi connectivity index (χ4n) is 1.62. The van der Waals surface area contributed by atoms with Crippen molar-refractivity contribution in [2.75, 3.05) is 12.4 Å². The molecule has 0 spiro atoms. The molecule has 1 heterocycles. The van der Waals surface area contributed by atoms with Gasteiger partial charge < -0.3 is 10.1 Å². The van der Waals surface area contributed by atoms with Crippen LogP contribution in [0.3, 0.4) is 0 Å². The average molecular weight is 275 g/mol. The lowest BCUT2D eigenvalue weighted by atomic mass is 10.2. The fraction of sp³-hybridized carbons (Fsp3) is 0.143. The van der Waals surface area contributed by atoms with Crippen molar-refractivity contribution in [2.45, 2.75) is 6.92 Å². The van der Waals surface area contributed by atoms with Crippen LogP contribution in [-0.2, 0) is 4.74 Å². The molecule has 0 fully saturated rings. The molecule has 2 aromatic rings. The van der Waals surface area contributed by atoms with Crippen molar-refractivity contribution < 1.29 is 14.3 Å². The number of esters is 1. The first-order valence-corrected chi connectivity index (χ1v) is 6.48. The summed E-state index contributed by atoms with van der Waals surface area (Å²) in [6.45, 7) is 1.93. The number of hydrogen-bond donors (Lipinski definition) is 1. The number of nitrogens with one attached hydrogen (secondary N) is 1. The van der Waals surface area contributed by atoms with E-state index in [0.717, 1.165) is 4.88 Å². The van der Waals surface area contributed by atoms with Crippen LogP contribution in [0.2, 0.25) is 0 Å². The Hall–Kier alpha value is -2.14. The van der Waals surface area contributed by atoms with E-state index in [-0.39, 0.29) is 5.91 Å². The van der Waals surface area contributed by atoms with E-state index in [9.17, 15) is 9.59 Å². The van der Waals surface area contributed by atoms with Crippen molar-refractivity contribution in [3.05, 3.63) is 51.7 Å². The lowest BCUT2D eigenvalue weighted by Gasteiger charge is -2.08. The number of hydrogen-bond acceptors (Lipinski definition) is 4. The van der Waals surface area contributed by atoms with Crippen LogP contribution < -0.4 is 5.32 Å². The molecule has 0 unspecified atom stereocenters. The van der Waals surface area contributed by atoms with E-state index in [1.807, 2.05) is 13.0 Å². The second-order valence-corrected chi connectivity index (χ2v) is 5.19. The van der Waals surface area contributed by atoms with Crippen molar-refractivity contribution in [1.82, 2.24) is 0 Å². The highest BCUT2D eigenvalue weighted by atomic mass is 32.1. The van der Waals surface area contributed by atoms with E-state index < -0.39 is 5.97 Å². The summed E-state index contributed by atoms with van der Waals surface area (Å²) in [4.78, 5) is 25.3. The lowest BCUT2D eigenvalue weighted by molar-refractivity contribution is 0.0602. The number of carbonyl (C=O) groups excluding carboxylic acids is 2. The molecular weight excluding hydrogens is 262 g/mol. The van der Waals surface area contributed by atoms with Gasteiger partial charge in [0.1, 0.15) is 0 Å². The smallest absolute Gasteiger partial charge is 0.339 e. The van der Waals surface area contributed by atoms with Crippen LogP contribution in [0, 0.1) is 6.92 Å².